The van der Waals surface area contributed by atoms with Crippen LogP contribution in [0.5, 0.6) is 0 Å². The molecule has 2 aromatic rings. The molecule has 3 heterocycles. The molecule has 3 rings (SSSR count). The van der Waals surface area contributed by atoms with Crippen LogP contribution in [0.25, 0.3) is 0 Å². The van der Waals surface area contributed by atoms with Crippen molar-refractivity contribution in [3.05, 3.63) is 29.7 Å². The van der Waals surface area contributed by atoms with Crippen LogP contribution in [0.2, 0.25) is 0 Å². The third kappa shape index (κ3) is 4.43. The Balaban J connectivity index is 1.47. The minimum absolute atomic E-state index is 0.0788. The van der Waals surface area contributed by atoms with E-state index in [1.165, 1.54) is 23.1 Å². The molecular formula is C15H19N5O2S2. The van der Waals surface area contributed by atoms with E-state index in [2.05, 4.69) is 20.3 Å². The van der Waals surface area contributed by atoms with Crippen LogP contribution in [0, 0.1) is 6.92 Å². The Morgan fingerprint density at radius 2 is 2.42 bits per heavy atom. The number of carbonyl (C=O) groups is 1. The minimum Gasteiger partial charge on any atom is -0.389 e. The smallest absolute Gasteiger partial charge is 0.230 e. The van der Waals surface area contributed by atoms with E-state index in [0.717, 1.165) is 22.4 Å². The summed E-state index contributed by atoms with van der Waals surface area (Å²) in [4.78, 5) is 26.7. The van der Waals surface area contributed by atoms with Crippen LogP contribution in [0.3, 0.4) is 0 Å². The maximum atomic E-state index is 12.1. The zero-order valence-corrected chi connectivity index (χ0v) is 14.9. The number of nitrogens with one attached hydrogen (secondary N) is 1. The fourth-order valence-electron chi connectivity index (χ4n) is 2.54. The molecule has 0 aromatic carbocycles. The lowest BCUT2D eigenvalue weighted by Crippen LogP contribution is -2.54. The fraction of sp³-hybridized carbons (Fsp3) is 0.467. The zero-order chi connectivity index (χ0) is 16.9. The number of rotatable bonds is 5. The van der Waals surface area contributed by atoms with Crippen LogP contribution in [0.4, 0.5) is 5.82 Å². The van der Waals surface area contributed by atoms with Gasteiger partial charge in [-0.05, 0) is 13.3 Å². The highest BCUT2D eigenvalue weighted by molar-refractivity contribution is 8.01. The monoisotopic (exact) mass is 365 g/mol. The molecule has 7 nitrogen and oxygen atoms in total. The first-order chi connectivity index (χ1) is 11.6. The van der Waals surface area contributed by atoms with Gasteiger partial charge in [0.25, 0.3) is 0 Å². The topological polar surface area (TPSA) is 91.2 Å². The van der Waals surface area contributed by atoms with Gasteiger partial charge in [-0.25, -0.2) is 9.97 Å². The number of aromatic nitrogens is 3. The van der Waals surface area contributed by atoms with Crippen LogP contribution >= 0.6 is 23.1 Å². The minimum atomic E-state index is -0.628. The van der Waals surface area contributed by atoms with Gasteiger partial charge in [-0.3, -0.25) is 9.78 Å². The van der Waals surface area contributed by atoms with Gasteiger partial charge in [0.1, 0.15) is 5.82 Å². The van der Waals surface area contributed by atoms with Crippen molar-refractivity contribution in [1.29, 1.82) is 0 Å². The third-order valence-corrected chi connectivity index (χ3v) is 5.87. The fourth-order valence-corrected chi connectivity index (χ4v) is 4.20. The molecule has 2 aromatic heterocycles. The normalized spacial score (nSPS) is 20.8. The van der Waals surface area contributed by atoms with Crippen LogP contribution < -0.4 is 10.2 Å². The highest BCUT2D eigenvalue weighted by atomic mass is 32.2. The number of aryl methyl sites for hydroxylation is 1. The van der Waals surface area contributed by atoms with Crippen molar-refractivity contribution >= 4 is 34.8 Å². The molecule has 1 saturated heterocycles. The Morgan fingerprint density at radius 1 is 1.54 bits per heavy atom. The Kier molecular flexibility index (Phi) is 5.64. The summed E-state index contributed by atoms with van der Waals surface area (Å²) in [7, 11) is 0. The molecule has 1 aliphatic heterocycles. The highest BCUT2D eigenvalue weighted by Gasteiger charge is 2.29. The van der Waals surface area contributed by atoms with E-state index >= 15 is 0 Å². The summed E-state index contributed by atoms with van der Waals surface area (Å²) in [6.07, 6.45) is 4.97. The maximum Gasteiger partial charge on any atom is 0.230 e. The van der Waals surface area contributed by atoms with Gasteiger partial charge in [-0.1, -0.05) is 11.8 Å². The van der Waals surface area contributed by atoms with E-state index in [4.69, 9.17) is 0 Å². The van der Waals surface area contributed by atoms with Gasteiger partial charge in [0.2, 0.25) is 5.91 Å². The summed E-state index contributed by atoms with van der Waals surface area (Å²) in [5, 5.41) is 15.2. The first-order valence-corrected chi connectivity index (χ1v) is 9.51. The van der Waals surface area contributed by atoms with Gasteiger partial charge >= 0.3 is 0 Å². The van der Waals surface area contributed by atoms with Crippen molar-refractivity contribution in [2.75, 3.05) is 23.7 Å². The number of hydrogen-bond acceptors (Lipinski definition) is 8. The molecule has 0 saturated carbocycles. The van der Waals surface area contributed by atoms with Crippen LogP contribution in [0.1, 0.15) is 12.1 Å². The summed E-state index contributed by atoms with van der Waals surface area (Å²) in [6, 6.07) is -0.232. The Bertz CT molecular complexity index is 682. The molecule has 0 radical (unpaired) electrons. The van der Waals surface area contributed by atoms with E-state index in [9.17, 15) is 9.90 Å². The molecule has 0 unspecified atom stereocenters. The van der Waals surface area contributed by atoms with Crippen molar-refractivity contribution in [3.63, 3.8) is 0 Å². The Hall–Kier alpha value is -1.71. The molecule has 1 amide bonds. The lowest BCUT2D eigenvalue weighted by Gasteiger charge is -2.36. The van der Waals surface area contributed by atoms with Crippen molar-refractivity contribution < 1.29 is 9.90 Å². The second-order valence-corrected chi connectivity index (χ2v) is 7.66. The third-order valence-electron chi connectivity index (χ3n) is 3.73. The number of thioether (sulfide) groups is 1. The SMILES string of the molecule is Cc1csc(SCC(=O)N[C@@H]2CCN(c3cnccn3)C[C@H]2O)n1. The lowest BCUT2D eigenvalue weighted by atomic mass is 10.0. The molecule has 9 heteroatoms. The molecule has 0 bridgehead atoms. The highest BCUT2D eigenvalue weighted by Crippen LogP contribution is 2.22. The van der Waals surface area contributed by atoms with Gasteiger partial charge < -0.3 is 15.3 Å². The largest absolute Gasteiger partial charge is 0.389 e. The summed E-state index contributed by atoms with van der Waals surface area (Å²) < 4.78 is 0.890. The molecule has 24 heavy (non-hydrogen) atoms. The van der Waals surface area contributed by atoms with Gasteiger partial charge in [0, 0.05) is 36.6 Å². The molecule has 2 atom stereocenters. The van der Waals surface area contributed by atoms with Crippen molar-refractivity contribution in [3.8, 4) is 0 Å². The van der Waals surface area contributed by atoms with Crippen LogP contribution in [-0.2, 0) is 4.79 Å². The number of carbonyl (C=O) groups excluding carboxylic acids is 1. The predicted octanol–water partition coefficient (Wildman–Crippen LogP) is 1.09. The number of amides is 1. The van der Waals surface area contributed by atoms with Crippen molar-refractivity contribution in [2.45, 2.75) is 29.8 Å². The van der Waals surface area contributed by atoms with Gasteiger partial charge in [-0.2, -0.15) is 0 Å². The summed E-state index contributed by atoms with van der Waals surface area (Å²) in [6.45, 7) is 3.09. The zero-order valence-electron chi connectivity index (χ0n) is 13.3. The average molecular weight is 365 g/mol. The molecular weight excluding hydrogens is 346 g/mol. The summed E-state index contributed by atoms with van der Waals surface area (Å²) in [5.74, 6) is 0.977. The average Bonchev–Trinajstić information content (AvgIpc) is 3.01. The number of hydrogen-bond donors (Lipinski definition) is 2. The molecule has 2 N–H and O–H groups in total. The number of β-amino-alcohol motifs (C(OH)–C–C–N with tert-alkyl or cyclic N) is 1. The van der Waals surface area contributed by atoms with E-state index < -0.39 is 6.10 Å². The quantitative estimate of drug-likeness (QED) is 0.767. The number of nitrogens with zero attached hydrogens (tertiary/aromatic N) is 4. The molecule has 1 aliphatic rings. The predicted molar refractivity (Wildman–Crippen MR) is 94.4 cm³/mol. The number of aliphatic hydroxyl groups excluding tert-OH is 1. The lowest BCUT2D eigenvalue weighted by molar-refractivity contribution is -0.120. The molecule has 1 fully saturated rings. The van der Waals surface area contributed by atoms with E-state index in [1.807, 2.05) is 17.2 Å². The Labute approximate surface area is 148 Å². The molecule has 0 spiro atoms. The Morgan fingerprint density at radius 3 is 3.08 bits per heavy atom. The van der Waals surface area contributed by atoms with E-state index in [0.29, 0.717) is 18.7 Å². The second-order valence-electron chi connectivity index (χ2n) is 5.58. The molecule has 0 aliphatic carbocycles. The van der Waals surface area contributed by atoms with Gasteiger partial charge in [0.05, 0.1) is 24.1 Å². The maximum absolute atomic E-state index is 12.1. The van der Waals surface area contributed by atoms with E-state index in [1.54, 1.807) is 18.6 Å². The van der Waals surface area contributed by atoms with Crippen LogP contribution in [0.15, 0.2) is 28.3 Å². The van der Waals surface area contributed by atoms with E-state index in [-0.39, 0.29) is 11.9 Å². The summed E-state index contributed by atoms with van der Waals surface area (Å²) >= 11 is 2.96. The van der Waals surface area contributed by atoms with Gasteiger partial charge in [0.15, 0.2) is 4.34 Å². The number of thiazole rings is 1. The second kappa shape index (κ2) is 7.91. The van der Waals surface area contributed by atoms with Crippen molar-refractivity contribution in [1.82, 2.24) is 20.3 Å². The number of piperidine rings is 1. The summed E-state index contributed by atoms with van der Waals surface area (Å²) in [5.41, 5.74) is 0.967. The standard InChI is InChI=1S/C15H19N5O2S2/c1-10-8-23-15(18-10)24-9-14(22)19-11-2-5-20(7-12(11)21)13-6-16-3-4-17-13/h3-4,6,8,11-12,21H,2,5,7,9H2,1H3,(H,19,22)/t11-,12-/m1/s1. The number of aliphatic hydroxyl groups is 1. The molecule has 128 valence electrons. The first kappa shape index (κ1) is 17.1. The van der Waals surface area contributed by atoms with Crippen LogP contribution in [-0.4, -0.2) is 57.0 Å². The number of anilines is 1. The van der Waals surface area contributed by atoms with Gasteiger partial charge in [-0.15, -0.1) is 11.3 Å². The first-order valence-electron chi connectivity index (χ1n) is 7.65. The van der Waals surface area contributed by atoms with Crippen molar-refractivity contribution in [2.24, 2.45) is 0 Å².